The van der Waals surface area contributed by atoms with Gasteiger partial charge >= 0.3 is 0 Å². The molecule has 3 rings (SSSR count). The maximum absolute atomic E-state index is 12.3. The lowest BCUT2D eigenvalue weighted by Gasteiger charge is -2.07. The van der Waals surface area contributed by atoms with E-state index >= 15 is 0 Å². The van der Waals surface area contributed by atoms with Gasteiger partial charge in [-0.1, -0.05) is 30.3 Å². The third-order valence-corrected chi connectivity index (χ3v) is 4.05. The molecule has 0 unspecified atom stereocenters. The van der Waals surface area contributed by atoms with Crippen molar-refractivity contribution in [1.82, 2.24) is 9.78 Å². The van der Waals surface area contributed by atoms with Gasteiger partial charge in [0.05, 0.1) is 17.8 Å². The molecule has 0 saturated heterocycles. The molecule has 0 atom stereocenters. The van der Waals surface area contributed by atoms with Gasteiger partial charge in [0.1, 0.15) is 0 Å². The van der Waals surface area contributed by atoms with Gasteiger partial charge in [0.15, 0.2) is 5.78 Å². The molecular weight excluding hydrogens is 290 g/mol. The number of benzene rings is 1. The lowest BCUT2D eigenvalue weighted by Crippen LogP contribution is -2.14. The predicted molar refractivity (Wildman–Crippen MR) is 88.8 cm³/mol. The van der Waals surface area contributed by atoms with Crippen LogP contribution in [0.15, 0.2) is 42.1 Å². The number of Topliss-reactive ketones (excluding diaryl/α,β-unsaturated/α-hetero) is 1. The van der Waals surface area contributed by atoms with Crippen LogP contribution in [0.25, 0.3) is 5.57 Å². The van der Waals surface area contributed by atoms with Crippen molar-refractivity contribution in [2.75, 3.05) is 5.32 Å². The Morgan fingerprint density at radius 3 is 2.65 bits per heavy atom. The van der Waals surface area contributed by atoms with Crippen molar-refractivity contribution in [1.29, 1.82) is 0 Å². The number of hydrogen-bond acceptors (Lipinski definition) is 3. The second-order valence-corrected chi connectivity index (χ2v) is 5.77. The molecule has 2 aromatic rings. The summed E-state index contributed by atoms with van der Waals surface area (Å²) in [5, 5.41) is 7.04. The van der Waals surface area contributed by atoms with Crippen LogP contribution in [0.4, 0.5) is 5.69 Å². The zero-order valence-electron chi connectivity index (χ0n) is 13.3. The molecule has 1 aliphatic carbocycles. The average molecular weight is 309 g/mol. The van der Waals surface area contributed by atoms with E-state index in [1.54, 1.807) is 17.9 Å². The third-order valence-electron chi connectivity index (χ3n) is 4.05. The Labute approximate surface area is 135 Å². The van der Waals surface area contributed by atoms with Crippen LogP contribution < -0.4 is 5.32 Å². The van der Waals surface area contributed by atoms with E-state index in [0.29, 0.717) is 24.1 Å². The van der Waals surface area contributed by atoms with Gasteiger partial charge in [-0.2, -0.15) is 5.10 Å². The van der Waals surface area contributed by atoms with Gasteiger partial charge in [-0.15, -0.1) is 0 Å². The first-order valence-corrected chi connectivity index (χ1v) is 7.65. The van der Waals surface area contributed by atoms with Crippen LogP contribution in [-0.2, 0) is 16.6 Å². The van der Waals surface area contributed by atoms with Gasteiger partial charge in [-0.3, -0.25) is 14.3 Å². The number of anilines is 1. The minimum absolute atomic E-state index is 0.0712. The SMILES string of the molecule is Cc1nn(C)cc1NC(=O)CC1=C(c2ccccc2)CCC1=O. The topological polar surface area (TPSA) is 64.0 Å². The van der Waals surface area contributed by atoms with Gasteiger partial charge in [-0.05, 0) is 24.5 Å². The molecule has 0 fully saturated rings. The first-order chi connectivity index (χ1) is 11.0. The number of amides is 1. The fourth-order valence-electron chi connectivity index (χ4n) is 2.95. The predicted octanol–water partition coefficient (Wildman–Crippen LogP) is 2.87. The highest BCUT2D eigenvalue weighted by Gasteiger charge is 2.25. The molecule has 0 aliphatic heterocycles. The largest absolute Gasteiger partial charge is 0.323 e. The monoisotopic (exact) mass is 309 g/mol. The van der Waals surface area contributed by atoms with Crippen LogP contribution in [-0.4, -0.2) is 21.5 Å². The normalized spacial score (nSPS) is 14.4. The highest BCUT2D eigenvalue weighted by atomic mass is 16.2. The first-order valence-electron chi connectivity index (χ1n) is 7.65. The van der Waals surface area contributed by atoms with E-state index in [1.165, 1.54) is 0 Å². The van der Waals surface area contributed by atoms with Gasteiger partial charge < -0.3 is 5.32 Å². The molecule has 5 nitrogen and oxygen atoms in total. The van der Waals surface area contributed by atoms with Gasteiger partial charge in [0, 0.05) is 25.2 Å². The number of aromatic nitrogens is 2. The summed E-state index contributed by atoms with van der Waals surface area (Å²) in [5.74, 6) is -0.110. The van der Waals surface area contributed by atoms with Crippen molar-refractivity contribution < 1.29 is 9.59 Å². The number of carbonyl (C=O) groups is 2. The fourth-order valence-corrected chi connectivity index (χ4v) is 2.95. The Hall–Kier alpha value is -2.69. The number of allylic oxidation sites excluding steroid dienone is 1. The summed E-state index contributed by atoms with van der Waals surface area (Å²) < 4.78 is 1.65. The van der Waals surface area contributed by atoms with Crippen molar-refractivity contribution in [2.45, 2.75) is 26.2 Å². The maximum Gasteiger partial charge on any atom is 0.229 e. The molecule has 118 valence electrons. The van der Waals surface area contributed by atoms with Crippen molar-refractivity contribution >= 4 is 23.0 Å². The quantitative estimate of drug-likeness (QED) is 0.944. The van der Waals surface area contributed by atoms with Gasteiger partial charge in [0.2, 0.25) is 5.91 Å². The van der Waals surface area contributed by atoms with E-state index in [1.807, 2.05) is 37.3 Å². The molecule has 1 heterocycles. The van der Waals surface area contributed by atoms with Gasteiger partial charge in [-0.25, -0.2) is 0 Å². The summed E-state index contributed by atoms with van der Waals surface area (Å²) in [5.41, 5.74) is 4.10. The zero-order chi connectivity index (χ0) is 16.4. The Morgan fingerprint density at radius 1 is 1.26 bits per heavy atom. The smallest absolute Gasteiger partial charge is 0.229 e. The molecule has 1 aromatic heterocycles. The lowest BCUT2D eigenvalue weighted by atomic mass is 10.00. The average Bonchev–Trinajstić information content (AvgIpc) is 3.03. The number of aryl methyl sites for hydroxylation is 2. The minimum atomic E-state index is -0.181. The van der Waals surface area contributed by atoms with Crippen LogP contribution >= 0.6 is 0 Å². The van der Waals surface area contributed by atoms with Crippen molar-refractivity contribution in [2.24, 2.45) is 7.05 Å². The second-order valence-electron chi connectivity index (χ2n) is 5.77. The Kier molecular flexibility index (Phi) is 4.10. The molecule has 0 saturated carbocycles. The number of nitrogens with one attached hydrogen (secondary N) is 1. The summed E-state index contributed by atoms with van der Waals surface area (Å²) in [6.45, 7) is 1.84. The zero-order valence-corrected chi connectivity index (χ0v) is 13.3. The van der Waals surface area contributed by atoms with E-state index in [9.17, 15) is 9.59 Å². The number of ketones is 1. The second kappa shape index (κ2) is 6.20. The molecule has 1 aromatic carbocycles. The summed E-state index contributed by atoms with van der Waals surface area (Å²) in [7, 11) is 1.80. The molecule has 0 radical (unpaired) electrons. The third kappa shape index (κ3) is 3.23. The Balaban J connectivity index is 1.80. The van der Waals surface area contributed by atoms with Crippen LogP contribution in [0, 0.1) is 6.92 Å². The van der Waals surface area contributed by atoms with Crippen molar-refractivity contribution in [3.05, 3.63) is 53.4 Å². The summed E-state index contributed by atoms with van der Waals surface area (Å²) in [6.07, 6.45) is 3.06. The van der Waals surface area contributed by atoms with Crippen LogP contribution in [0.2, 0.25) is 0 Å². The van der Waals surface area contributed by atoms with Crippen LogP contribution in [0.3, 0.4) is 0 Å². The molecule has 0 spiro atoms. The molecule has 1 aliphatic rings. The lowest BCUT2D eigenvalue weighted by molar-refractivity contribution is -0.119. The van der Waals surface area contributed by atoms with Crippen molar-refractivity contribution in [3.8, 4) is 0 Å². The molecule has 1 N–H and O–H groups in total. The summed E-state index contributed by atoms with van der Waals surface area (Å²) in [4.78, 5) is 24.5. The fraction of sp³-hybridized carbons (Fsp3) is 0.278. The minimum Gasteiger partial charge on any atom is -0.323 e. The molecule has 5 heteroatoms. The van der Waals surface area contributed by atoms with Crippen LogP contribution in [0.5, 0.6) is 0 Å². The number of carbonyl (C=O) groups excluding carboxylic acids is 2. The van der Waals surface area contributed by atoms with E-state index in [0.717, 1.165) is 16.8 Å². The number of hydrogen-bond donors (Lipinski definition) is 1. The highest BCUT2D eigenvalue weighted by Crippen LogP contribution is 2.33. The van der Waals surface area contributed by atoms with E-state index in [-0.39, 0.29) is 18.1 Å². The molecular formula is C18H19N3O2. The standard InChI is InChI=1S/C18H19N3O2/c1-12-16(11-21(2)20-12)19-18(23)10-15-14(8-9-17(15)22)13-6-4-3-5-7-13/h3-7,11H,8-10H2,1-2H3,(H,19,23). The van der Waals surface area contributed by atoms with Gasteiger partial charge in [0.25, 0.3) is 0 Å². The molecule has 0 bridgehead atoms. The number of rotatable bonds is 4. The summed E-state index contributed by atoms with van der Waals surface area (Å²) >= 11 is 0. The van der Waals surface area contributed by atoms with E-state index in [2.05, 4.69) is 10.4 Å². The Morgan fingerprint density at radius 2 is 2.00 bits per heavy atom. The van der Waals surface area contributed by atoms with E-state index in [4.69, 9.17) is 0 Å². The molecule has 1 amide bonds. The van der Waals surface area contributed by atoms with E-state index < -0.39 is 0 Å². The van der Waals surface area contributed by atoms with Crippen molar-refractivity contribution in [3.63, 3.8) is 0 Å². The number of nitrogens with zero attached hydrogens (tertiary/aromatic N) is 2. The summed E-state index contributed by atoms with van der Waals surface area (Å²) in [6, 6.07) is 9.80. The maximum atomic E-state index is 12.3. The first kappa shape index (κ1) is 15.2. The molecule has 23 heavy (non-hydrogen) atoms. The highest BCUT2D eigenvalue weighted by molar-refractivity contribution is 6.11. The van der Waals surface area contributed by atoms with Crippen LogP contribution in [0.1, 0.15) is 30.5 Å². The Bertz CT molecular complexity index is 788.